The average molecular weight is 364 g/mol. The van der Waals surface area contributed by atoms with Crippen LogP contribution in [-0.2, 0) is 10.9 Å². The predicted octanol–water partition coefficient (Wildman–Crippen LogP) is 3.75. The van der Waals surface area contributed by atoms with Crippen LogP contribution in [-0.4, -0.2) is 13.1 Å². The molecular weight excluding hydrogens is 359 g/mol. The van der Waals surface area contributed by atoms with E-state index in [1.54, 1.807) is 0 Å². The van der Waals surface area contributed by atoms with E-state index in [4.69, 9.17) is 11.6 Å². The Balaban J connectivity index is 3.39. The van der Waals surface area contributed by atoms with Crippen molar-refractivity contribution in [2.45, 2.75) is 6.18 Å². The van der Waals surface area contributed by atoms with Crippen molar-refractivity contribution >= 4 is 40.2 Å². The molecular formula is C9H5ClF3IO2. The molecule has 0 aliphatic carbocycles. The Morgan fingerprint density at radius 1 is 1.44 bits per heavy atom. The summed E-state index contributed by atoms with van der Waals surface area (Å²) in [6.07, 6.45) is -4.55. The minimum atomic E-state index is -4.55. The molecule has 0 amide bonds. The first-order chi connectivity index (χ1) is 7.27. The molecule has 7 heteroatoms. The van der Waals surface area contributed by atoms with Crippen LogP contribution < -0.4 is 0 Å². The fourth-order valence-corrected chi connectivity index (χ4v) is 1.87. The number of hydrogen-bond donors (Lipinski definition) is 0. The molecule has 88 valence electrons. The lowest BCUT2D eigenvalue weighted by atomic mass is 10.1. The summed E-state index contributed by atoms with van der Waals surface area (Å²) in [5.41, 5.74) is -1.17. The Bertz CT molecular complexity index is 431. The second kappa shape index (κ2) is 4.79. The summed E-state index contributed by atoms with van der Waals surface area (Å²) in [4.78, 5) is 11.1. The maximum atomic E-state index is 12.6. The van der Waals surface area contributed by atoms with Crippen molar-refractivity contribution in [2.24, 2.45) is 0 Å². The molecule has 0 fully saturated rings. The summed E-state index contributed by atoms with van der Waals surface area (Å²) in [6.45, 7) is 0. The van der Waals surface area contributed by atoms with Crippen molar-refractivity contribution in [3.63, 3.8) is 0 Å². The molecule has 2 nitrogen and oxygen atoms in total. The molecule has 1 rings (SSSR count). The Kier molecular flexibility index (Phi) is 4.06. The highest BCUT2D eigenvalue weighted by atomic mass is 127. The van der Waals surface area contributed by atoms with Gasteiger partial charge in [-0.05, 0) is 34.7 Å². The minimum absolute atomic E-state index is 0.129. The van der Waals surface area contributed by atoms with E-state index in [9.17, 15) is 18.0 Å². The molecule has 1 aromatic carbocycles. The maximum Gasteiger partial charge on any atom is 0.417 e. The molecule has 0 aliphatic rings. The Labute approximate surface area is 108 Å². The number of methoxy groups -OCH3 is 1. The van der Waals surface area contributed by atoms with E-state index >= 15 is 0 Å². The summed E-state index contributed by atoms with van der Waals surface area (Å²) in [5.74, 6) is -0.858. The molecule has 0 aliphatic heterocycles. The molecule has 1 aromatic rings. The molecule has 0 atom stereocenters. The van der Waals surface area contributed by atoms with Gasteiger partial charge in [0, 0.05) is 3.57 Å². The van der Waals surface area contributed by atoms with Gasteiger partial charge in [-0.25, -0.2) is 4.79 Å². The lowest BCUT2D eigenvalue weighted by molar-refractivity contribution is -0.138. The number of carbonyl (C=O) groups is 1. The second-order valence-electron chi connectivity index (χ2n) is 2.81. The molecule has 0 saturated heterocycles. The lowest BCUT2D eigenvalue weighted by Gasteiger charge is -2.11. The van der Waals surface area contributed by atoms with Crippen LogP contribution in [0.2, 0.25) is 5.02 Å². The van der Waals surface area contributed by atoms with E-state index in [1.165, 1.54) is 22.6 Å². The number of esters is 1. The van der Waals surface area contributed by atoms with Gasteiger partial charge in [0.2, 0.25) is 0 Å². The van der Waals surface area contributed by atoms with Crippen molar-refractivity contribution in [1.82, 2.24) is 0 Å². The van der Waals surface area contributed by atoms with Gasteiger partial charge in [-0.1, -0.05) is 11.6 Å². The summed E-state index contributed by atoms with van der Waals surface area (Å²) in [5, 5.41) is -0.129. The molecule has 0 radical (unpaired) electrons. The van der Waals surface area contributed by atoms with Crippen LogP contribution in [0, 0.1) is 3.57 Å². The van der Waals surface area contributed by atoms with Crippen molar-refractivity contribution in [1.29, 1.82) is 0 Å². The van der Waals surface area contributed by atoms with Crippen LogP contribution in [0.25, 0.3) is 0 Å². The summed E-state index contributed by atoms with van der Waals surface area (Å²) < 4.78 is 41.9. The third-order valence-corrected chi connectivity index (χ3v) is 3.53. The van der Waals surface area contributed by atoms with Crippen LogP contribution in [0.4, 0.5) is 13.2 Å². The van der Waals surface area contributed by atoms with Crippen molar-refractivity contribution < 1.29 is 22.7 Å². The number of rotatable bonds is 1. The maximum absolute atomic E-state index is 12.6. The smallest absolute Gasteiger partial charge is 0.417 e. The van der Waals surface area contributed by atoms with Gasteiger partial charge in [-0.15, -0.1) is 0 Å². The van der Waals surface area contributed by atoms with Gasteiger partial charge in [-0.2, -0.15) is 13.2 Å². The van der Waals surface area contributed by atoms with Crippen LogP contribution in [0.15, 0.2) is 12.1 Å². The van der Waals surface area contributed by atoms with Gasteiger partial charge >= 0.3 is 12.1 Å². The fourth-order valence-electron chi connectivity index (χ4n) is 1.03. The molecule has 16 heavy (non-hydrogen) atoms. The molecule has 0 N–H and O–H groups in total. The summed E-state index contributed by atoms with van der Waals surface area (Å²) >= 11 is 7.09. The number of ether oxygens (including phenoxy) is 1. The van der Waals surface area contributed by atoms with Gasteiger partial charge in [0.15, 0.2) is 0 Å². The Morgan fingerprint density at radius 3 is 2.44 bits per heavy atom. The standard InChI is InChI=1S/C9H5ClF3IO2/c1-16-8(15)4-2-5(9(11,12)13)7(14)6(10)3-4/h2-3H,1H3. The van der Waals surface area contributed by atoms with E-state index in [0.717, 1.165) is 19.2 Å². The van der Waals surface area contributed by atoms with Gasteiger partial charge in [0.05, 0.1) is 23.3 Å². The predicted molar refractivity (Wildman–Crippen MR) is 60.5 cm³/mol. The summed E-state index contributed by atoms with van der Waals surface area (Å²) in [7, 11) is 1.08. The normalized spacial score (nSPS) is 11.4. The van der Waals surface area contributed by atoms with Crippen molar-refractivity contribution in [3.05, 3.63) is 31.9 Å². The zero-order valence-electron chi connectivity index (χ0n) is 7.86. The topological polar surface area (TPSA) is 26.3 Å². The van der Waals surface area contributed by atoms with Gasteiger partial charge in [0.25, 0.3) is 0 Å². The number of hydrogen-bond acceptors (Lipinski definition) is 2. The summed E-state index contributed by atoms with van der Waals surface area (Å²) in [6, 6.07) is 1.86. The van der Waals surface area contributed by atoms with Crippen LogP contribution in [0.3, 0.4) is 0 Å². The van der Waals surface area contributed by atoms with Crippen LogP contribution in [0.1, 0.15) is 15.9 Å². The highest BCUT2D eigenvalue weighted by molar-refractivity contribution is 14.1. The number of benzene rings is 1. The van der Waals surface area contributed by atoms with E-state index in [1.807, 2.05) is 0 Å². The SMILES string of the molecule is COC(=O)c1cc(Cl)c(I)c(C(F)(F)F)c1. The lowest BCUT2D eigenvalue weighted by Crippen LogP contribution is -2.11. The molecule has 0 spiro atoms. The second-order valence-corrected chi connectivity index (χ2v) is 4.29. The van der Waals surface area contributed by atoms with E-state index in [2.05, 4.69) is 4.74 Å². The number of halogens is 5. The van der Waals surface area contributed by atoms with E-state index in [0.29, 0.717) is 0 Å². The number of alkyl halides is 3. The number of carbonyl (C=O) groups excluding carboxylic acids is 1. The third-order valence-electron chi connectivity index (χ3n) is 1.75. The largest absolute Gasteiger partial charge is 0.465 e. The molecule has 0 heterocycles. The van der Waals surface area contributed by atoms with E-state index in [-0.39, 0.29) is 14.2 Å². The zero-order chi connectivity index (χ0) is 12.5. The van der Waals surface area contributed by atoms with Gasteiger partial charge in [-0.3, -0.25) is 0 Å². The quantitative estimate of drug-likeness (QED) is 0.560. The highest BCUT2D eigenvalue weighted by Gasteiger charge is 2.34. The Morgan fingerprint density at radius 2 is 2.00 bits per heavy atom. The highest BCUT2D eigenvalue weighted by Crippen LogP contribution is 2.36. The zero-order valence-corrected chi connectivity index (χ0v) is 10.8. The molecule has 0 unspecified atom stereocenters. The van der Waals surface area contributed by atoms with Gasteiger partial charge < -0.3 is 4.74 Å². The van der Waals surface area contributed by atoms with Crippen LogP contribution >= 0.6 is 34.2 Å². The van der Waals surface area contributed by atoms with Gasteiger partial charge in [0.1, 0.15) is 0 Å². The first-order valence-corrected chi connectivity index (χ1v) is 5.37. The Hall–Kier alpha value is -0.500. The monoisotopic (exact) mass is 364 g/mol. The average Bonchev–Trinajstić information content (AvgIpc) is 2.18. The molecule has 0 bridgehead atoms. The van der Waals surface area contributed by atoms with Crippen LogP contribution in [0.5, 0.6) is 0 Å². The van der Waals surface area contributed by atoms with Crippen molar-refractivity contribution in [3.8, 4) is 0 Å². The first-order valence-electron chi connectivity index (χ1n) is 3.92. The fraction of sp³-hybridized carbons (Fsp3) is 0.222. The minimum Gasteiger partial charge on any atom is -0.465 e. The third kappa shape index (κ3) is 2.79. The molecule has 0 aromatic heterocycles. The van der Waals surface area contributed by atoms with Crippen molar-refractivity contribution in [2.75, 3.05) is 7.11 Å². The first kappa shape index (κ1) is 13.6. The molecule has 0 saturated carbocycles. The van der Waals surface area contributed by atoms with E-state index < -0.39 is 17.7 Å².